The van der Waals surface area contributed by atoms with Crippen LogP contribution in [0.3, 0.4) is 0 Å². The van der Waals surface area contributed by atoms with Gasteiger partial charge in [-0.2, -0.15) is 0 Å². The van der Waals surface area contributed by atoms with Gasteiger partial charge in [0.1, 0.15) is 5.75 Å². The van der Waals surface area contributed by atoms with Crippen LogP contribution >= 0.6 is 11.6 Å². The van der Waals surface area contributed by atoms with Crippen LogP contribution in [0.4, 0.5) is 0 Å². The molecular weight excluding hydrogens is 390 g/mol. The highest BCUT2D eigenvalue weighted by Crippen LogP contribution is 2.24. The van der Waals surface area contributed by atoms with Gasteiger partial charge in [-0.25, -0.2) is 8.42 Å². The molecule has 1 heterocycles. The maximum atomic E-state index is 12.5. The average molecular weight is 406 g/mol. The van der Waals surface area contributed by atoms with Crippen LogP contribution in [0.15, 0.2) is 75.1 Å². The fourth-order valence-electron chi connectivity index (χ4n) is 2.33. The molecule has 0 aliphatic rings. The number of carbonyl (C=O) groups is 1. The van der Waals surface area contributed by atoms with Crippen molar-refractivity contribution in [1.82, 2.24) is 5.32 Å². The number of benzene rings is 2. The zero-order valence-electron chi connectivity index (χ0n) is 14.3. The summed E-state index contributed by atoms with van der Waals surface area (Å²) in [6.45, 7) is 0.267. The Hall–Kier alpha value is -2.77. The lowest BCUT2D eigenvalue weighted by atomic mass is 10.2. The molecule has 0 spiro atoms. The van der Waals surface area contributed by atoms with E-state index in [4.69, 9.17) is 20.8 Å². The van der Waals surface area contributed by atoms with Gasteiger partial charge >= 0.3 is 0 Å². The van der Waals surface area contributed by atoms with Gasteiger partial charge in [0, 0.05) is 11.6 Å². The Bertz CT molecular complexity index is 1040. The molecule has 0 fully saturated rings. The van der Waals surface area contributed by atoms with Crippen molar-refractivity contribution in [2.24, 2.45) is 0 Å². The predicted octanol–water partition coefficient (Wildman–Crippen LogP) is 3.70. The molecule has 0 unspecified atom stereocenters. The fourth-order valence-corrected chi connectivity index (χ4v) is 3.63. The number of rotatable bonds is 6. The number of hydrogen-bond acceptors (Lipinski definition) is 5. The molecule has 1 amide bonds. The van der Waals surface area contributed by atoms with E-state index in [1.807, 2.05) is 12.1 Å². The molecular formula is C19H16ClNO5S. The molecule has 3 aromatic rings. The Balaban J connectivity index is 1.70. The standard InChI is InChI=1S/C19H16ClNO5S/c1-25-15-6-2-13(3-7-15)12-21-19(22)17-10-11-18(26-17)27(23,24)16-8-4-14(20)5-9-16/h2-11H,12H2,1H3,(H,21,22). The first-order valence-electron chi connectivity index (χ1n) is 7.92. The molecule has 0 bridgehead atoms. The van der Waals surface area contributed by atoms with E-state index in [9.17, 15) is 13.2 Å². The minimum Gasteiger partial charge on any atom is -0.497 e. The van der Waals surface area contributed by atoms with E-state index in [0.717, 1.165) is 5.56 Å². The summed E-state index contributed by atoms with van der Waals surface area (Å²) in [4.78, 5) is 12.3. The van der Waals surface area contributed by atoms with Crippen LogP contribution in [0.1, 0.15) is 16.1 Å². The number of amides is 1. The molecule has 2 aromatic carbocycles. The average Bonchev–Trinajstić information content (AvgIpc) is 3.18. The molecule has 1 N–H and O–H groups in total. The SMILES string of the molecule is COc1ccc(CNC(=O)c2ccc(S(=O)(=O)c3ccc(Cl)cc3)o2)cc1. The molecule has 27 heavy (non-hydrogen) atoms. The number of nitrogens with one attached hydrogen (secondary N) is 1. The van der Waals surface area contributed by atoms with Crippen molar-refractivity contribution >= 4 is 27.3 Å². The van der Waals surface area contributed by atoms with Gasteiger partial charge in [0.05, 0.1) is 12.0 Å². The molecule has 0 aliphatic heterocycles. The first-order valence-corrected chi connectivity index (χ1v) is 9.78. The van der Waals surface area contributed by atoms with E-state index in [0.29, 0.717) is 10.8 Å². The summed E-state index contributed by atoms with van der Waals surface area (Å²) in [6, 6.07) is 15.5. The van der Waals surface area contributed by atoms with Gasteiger partial charge in [0.15, 0.2) is 5.76 Å². The second kappa shape index (κ2) is 7.85. The van der Waals surface area contributed by atoms with E-state index in [1.165, 1.54) is 36.4 Å². The van der Waals surface area contributed by atoms with Crippen LogP contribution in [0.25, 0.3) is 0 Å². The molecule has 0 radical (unpaired) electrons. The molecule has 8 heteroatoms. The van der Waals surface area contributed by atoms with Crippen LogP contribution in [0, 0.1) is 0 Å². The number of carbonyl (C=O) groups excluding carboxylic acids is 1. The Morgan fingerprint density at radius 3 is 2.33 bits per heavy atom. The highest BCUT2D eigenvalue weighted by molar-refractivity contribution is 7.91. The minimum atomic E-state index is -3.86. The highest BCUT2D eigenvalue weighted by atomic mass is 35.5. The van der Waals surface area contributed by atoms with Gasteiger partial charge in [-0.1, -0.05) is 23.7 Å². The van der Waals surface area contributed by atoms with Crippen LogP contribution in [0.5, 0.6) is 5.75 Å². The van der Waals surface area contributed by atoms with Crippen molar-refractivity contribution in [1.29, 1.82) is 0 Å². The highest BCUT2D eigenvalue weighted by Gasteiger charge is 2.23. The fraction of sp³-hybridized carbons (Fsp3) is 0.105. The number of methoxy groups -OCH3 is 1. The van der Waals surface area contributed by atoms with Crippen molar-refractivity contribution in [2.75, 3.05) is 7.11 Å². The Kier molecular flexibility index (Phi) is 5.53. The van der Waals surface area contributed by atoms with Crippen LogP contribution in [0.2, 0.25) is 5.02 Å². The lowest BCUT2D eigenvalue weighted by Crippen LogP contribution is -2.22. The topological polar surface area (TPSA) is 85.6 Å². The van der Waals surface area contributed by atoms with Gasteiger partial charge in [-0.05, 0) is 54.1 Å². The van der Waals surface area contributed by atoms with E-state index in [2.05, 4.69) is 5.32 Å². The summed E-state index contributed by atoms with van der Waals surface area (Å²) < 4.78 is 35.4. The molecule has 0 saturated heterocycles. The Morgan fingerprint density at radius 1 is 1.04 bits per heavy atom. The third kappa shape index (κ3) is 4.32. The lowest BCUT2D eigenvalue weighted by Gasteiger charge is -2.05. The van der Waals surface area contributed by atoms with Crippen LogP contribution in [-0.2, 0) is 16.4 Å². The first-order chi connectivity index (χ1) is 12.9. The largest absolute Gasteiger partial charge is 0.497 e. The number of sulfone groups is 1. The monoisotopic (exact) mass is 405 g/mol. The molecule has 140 valence electrons. The molecule has 6 nitrogen and oxygen atoms in total. The summed E-state index contributed by atoms with van der Waals surface area (Å²) in [6.07, 6.45) is 0. The molecule has 0 atom stereocenters. The quantitative estimate of drug-likeness (QED) is 0.675. The van der Waals surface area contributed by atoms with Crippen molar-refractivity contribution in [3.8, 4) is 5.75 Å². The number of furan rings is 1. The van der Waals surface area contributed by atoms with E-state index in [-0.39, 0.29) is 22.3 Å². The Morgan fingerprint density at radius 2 is 1.70 bits per heavy atom. The Labute approximate surface area is 161 Å². The first kappa shape index (κ1) is 19.0. The van der Waals surface area contributed by atoms with Crippen molar-refractivity contribution in [3.63, 3.8) is 0 Å². The number of ether oxygens (including phenoxy) is 1. The third-order valence-electron chi connectivity index (χ3n) is 3.81. The number of halogens is 1. The molecule has 0 aliphatic carbocycles. The van der Waals surface area contributed by atoms with Gasteiger partial charge < -0.3 is 14.5 Å². The third-order valence-corrected chi connectivity index (χ3v) is 5.70. The maximum absolute atomic E-state index is 12.5. The maximum Gasteiger partial charge on any atom is 0.287 e. The van der Waals surface area contributed by atoms with Crippen LogP contribution in [-0.4, -0.2) is 21.4 Å². The van der Waals surface area contributed by atoms with Gasteiger partial charge in [0.25, 0.3) is 5.91 Å². The minimum absolute atomic E-state index is 0.0337. The summed E-state index contributed by atoms with van der Waals surface area (Å²) in [7, 11) is -2.29. The van der Waals surface area contributed by atoms with E-state index >= 15 is 0 Å². The van der Waals surface area contributed by atoms with Crippen molar-refractivity contribution in [3.05, 3.63) is 77.0 Å². The zero-order valence-corrected chi connectivity index (χ0v) is 15.9. The predicted molar refractivity (Wildman–Crippen MR) is 99.8 cm³/mol. The lowest BCUT2D eigenvalue weighted by molar-refractivity contribution is 0.0918. The van der Waals surface area contributed by atoms with Gasteiger partial charge in [0.2, 0.25) is 14.9 Å². The summed E-state index contributed by atoms with van der Waals surface area (Å²) in [5.74, 6) is 0.118. The van der Waals surface area contributed by atoms with Gasteiger partial charge in [-0.3, -0.25) is 4.79 Å². The summed E-state index contributed by atoms with van der Waals surface area (Å²) >= 11 is 5.78. The van der Waals surface area contributed by atoms with Crippen molar-refractivity contribution in [2.45, 2.75) is 16.5 Å². The van der Waals surface area contributed by atoms with E-state index < -0.39 is 15.7 Å². The molecule has 0 saturated carbocycles. The second-order valence-corrected chi connectivity index (χ2v) is 7.92. The smallest absolute Gasteiger partial charge is 0.287 e. The molecule has 3 rings (SSSR count). The zero-order chi connectivity index (χ0) is 19.4. The van der Waals surface area contributed by atoms with E-state index in [1.54, 1.807) is 19.2 Å². The summed E-state index contributed by atoms with van der Waals surface area (Å²) in [5, 5.41) is 2.80. The van der Waals surface area contributed by atoms with Crippen molar-refractivity contribution < 1.29 is 22.4 Å². The number of hydrogen-bond donors (Lipinski definition) is 1. The summed E-state index contributed by atoms with van der Waals surface area (Å²) in [5.41, 5.74) is 0.865. The molecule has 1 aromatic heterocycles. The normalized spacial score (nSPS) is 11.2. The van der Waals surface area contributed by atoms with Crippen LogP contribution < -0.4 is 10.1 Å². The second-order valence-electron chi connectivity index (χ2n) is 5.61. The van der Waals surface area contributed by atoms with Gasteiger partial charge in [-0.15, -0.1) is 0 Å².